The molecule has 0 aliphatic rings. The highest BCUT2D eigenvalue weighted by Gasteiger charge is 1.11. The van der Waals surface area contributed by atoms with Crippen LogP contribution in [0, 0.1) is 0 Å². The number of nitrogens with zero attached hydrogens (tertiary/aromatic N) is 1. The largest absolute Gasteiger partial charge is 0.446 e. The number of hydrogen-bond acceptors (Lipinski definition) is 3. The van der Waals surface area contributed by atoms with Gasteiger partial charge in [0, 0.05) is 16.1 Å². The van der Waals surface area contributed by atoms with Crippen LogP contribution in [0.3, 0.4) is 0 Å². The Bertz CT molecular complexity index is 46.0. The van der Waals surface area contributed by atoms with Crippen LogP contribution in [0.15, 0.2) is 3.39 Å². The van der Waals surface area contributed by atoms with Crippen LogP contribution >= 0.6 is 16.1 Å². The van der Waals surface area contributed by atoms with E-state index in [1.54, 1.807) is 0 Å². The molecule has 0 amide bonds. The summed E-state index contributed by atoms with van der Waals surface area (Å²) in [6.07, 6.45) is 0. The second-order valence-electron chi connectivity index (χ2n) is 0.157. The minimum Gasteiger partial charge on any atom is -0.446 e. The molecule has 0 unspecified atom stereocenters. The van der Waals surface area contributed by atoms with Crippen molar-refractivity contribution in [2.75, 3.05) is 0 Å². The van der Waals surface area contributed by atoms with Gasteiger partial charge in [0.05, 0.1) is 0 Å². The Morgan fingerprint density at radius 1 is 2.00 bits per heavy atom. The Morgan fingerprint density at radius 3 is 2.25 bits per heavy atom. The van der Waals surface area contributed by atoms with Crippen LogP contribution in [0.5, 0.6) is 0 Å². The average Bonchev–Trinajstić information content (AvgIpc) is 1.37. The van der Waals surface area contributed by atoms with E-state index in [0.29, 0.717) is 0 Å². The van der Waals surface area contributed by atoms with Crippen LogP contribution in [0.4, 0.5) is 0 Å². The molecule has 0 radical (unpaired) electrons. The summed E-state index contributed by atoms with van der Waals surface area (Å²) in [6.45, 7) is 0. The quantitative estimate of drug-likeness (QED) is 0.361. The monoisotopic (exact) mass is 142 g/mol. The van der Waals surface area contributed by atoms with Crippen LogP contribution in [0.25, 0.3) is 0 Å². The molecule has 0 aromatic carbocycles. The molecule has 0 saturated carbocycles. The Balaban J connectivity index is 3.11. The van der Waals surface area contributed by atoms with Gasteiger partial charge in [-0.25, -0.2) is 0 Å². The topological polar surface area (TPSA) is 29.4 Å². The first-order valence-corrected chi connectivity index (χ1v) is 2.03. The molecule has 2 nitrogen and oxygen atoms in total. The van der Waals surface area contributed by atoms with Gasteiger partial charge < -0.3 is 7.60 Å². The fraction of sp³-hybridized carbons (Fsp3) is 0. The van der Waals surface area contributed by atoms with Gasteiger partial charge in [-0.2, -0.15) is 11.5 Å². The van der Waals surface area contributed by atoms with Crippen molar-refractivity contribution >= 4 is 27.6 Å². The number of rotatable bonds is 0. The fourth-order valence-corrected chi connectivity index (χ4v) is 0. The molecular weight excluding hydrogens is 142 g/mol. The second kappa shape index (κ2) is 3.43. The van der Waals surface area contributed by atoms with Crippen LogP contribution in [-0.2, 0) is 15.7 Å². The smallest absolute Gasteiger partial charge is 0.0447 e. The van der Waals surface area contributed by atoms with E-state index in [1.165, 1.54) is 0 Å². The van der Waals surface area contributed by atoms with E-state index in [1.807, 2.05) is 0 Å². The van der Waals surface area contributed by atoms with Crippen molar-refractivity contribution in [3.63, 3.8) is 0 Å². The molecule has 0 atom stereocenters. The average molecular weight is 143 g/mol. The lowest BCUT2D eigenvalue weighted by molar-refractivity contribution is 0.609. The standard InChI is InChI=1S/BrHNOS/c1-2-4-3/h4H/q-1. The summed E-state index contributed by atoms with van der Waals surface area (Å²) >= 11 is 2.34. The zero-order chi connectivity index (χ0) is 3.41. The third kappa shape index (κ3) is 2.43. The Hall–Kier alpha value is 0.430. The molecule has 0 heterocycles. The lowest BCUT2D eigenvalue weighted by Crippen LogP contribution is -1.12. The van der Waals surface area contributed by atoms with Crippen molar-refractivity contribution in [3.05, 3.63) is 0 Å². The lowest BCUT2D eigenvalue weighted by Gasteiger charge is -1.53. The Kier molecular flexibility index (Phi) is 3.80. The molecule has 0 fully saturated rings. The first kappa shape index (κ1) is 4.43. The zero-order valence-corrected chi connectivity index (χ0v) is 4.16. The van der Waals surface area contributed by atoms with Crippen LogP contribution < -0.4 is 0 Å². The minimum absolute atomic E-state index is 0.210. The van der Waals surface area contributed by atoms with E-state index < -0.39 is 0 Å². The first-order chi connectivity index (χ1) is 1.91. The molecule has 0 rings (SSSR count). The highest BCUT2D eigenvalue weighted by atomic mass is 79.9. The van der Waals surface area contributed by atoms with Gasteiger partial charge in [-0.15, -0.1) is 0 Å². The van der Waals surface area contributed by atoms with Gasteiger partial charge in [0.25, 0.3) is 0 Å². The summed E-state index contributed by atoms with van der Waals surface area (Å²) in [5.74, 6) is 0. The number of thiol groups is 1. The Morgan fingerprint density at radius 2 is 2.25 bits per heavy atom. The van der Waals surface area contributed by atoms with E-state index in [-0.39, 0.29) is 11.5 Å². The van der Waals surface area contributed by atoms with E-state index in [9.17, 15) is 0 Å². The van der Waals surface area contributed by atoms with Crippen molar-refractivity contribution in [2.24, 2.45) is 3.39 Å². The highest BCUT2D eigenvalue weighted by Crippen LogP contribution is 1.70. The predicted octanol–water partition coefficient (Wildman–Crippen LogP) is 0.640. The maximum absolute atomic E-state index is 9.06. The molecule has 0 spiro atoms. The molecule has 4 heavy (non-hydrogen) atoms. The molecular formula is HBrNOS-. The molecule has 0 aromatic rings. The molecule has 4 heteroatoms. The van der Waals surface area contributed by atoms with Gasteiger partial charge in [-0.3, -0.25) is 0 Å². The molecule has 0 saturated heterocycles. The molecule has 0 aliphatic carbocycles. The van der Waals surface area contributed by atoms with E-state index in [0.717, 1.165) is 0 Å². The molecule has 0 aliphatic heterocycles. The first-order valence-electron chi connectivity index (χ1n) is 0.552. The van der Waals surface area contributed by atoms with Crippen molar-refractivity contribution < 1.29 is 4.21 Å². The molecule has 0 bridgehead atoms. The molecule has 0 aromatic heterocycles. The van der Waals surface area contributed by atoms with Crippen molar-refractivity contribution in [1.82, 2.24) is 0 Å². The summed E-state index contributed by atoms with van der Waals surface area (Å²) in [5, 5.41) is 0. The van der Waals surface area contributed by atoms with Gasteiger partial charge in [-0.05, 0) is 0 Å². The van der Waals surface area contributed by atoms with Crippen molar-refractivity contribution in [1.29, 1.82) is 0 Å². The lowest BCUT2D eigenvalue weighted by atomic mass is 14.0. The maximum atomic E-state index is 9.06. The number of hydrogen-bond donors (Lipinski definition) is 0. The third-order valence-electron chi connectivity index (χ3n) is 0.0309. The van der Waals surface area contributed by atoms with Gasteiger partial charge >= 0.3 is 0 Å². The van der Waals surface area contributed by atoms with Crippen molar-refractivity contribution in [2.45, 2.75) is 0 Å². The summed E-state index contributed by atoms with van der Waals surface area (Å²) in [5.41, 5.74) is 0. The van der Waals surface area contributed by atoms with E-state index in [4.69, 9.17) is 4.21 Å². The highest BCUT2D eigenvalue weighted by molar-refractivity contribution is 9.08. The SMILES string of the molecule is O=[SH-]=NBr. The third-order valence-corrected chi connectivity index (χ3v) is 0.481. The predicted molar refractivity (Wildman–Crippen MR) is 20.8 cm³/mol. The summed E-state index contributed by atoms with van der Waals surface area (Å²) < 4.78 is 12.0. The summed E-state index contributed by atoms with van der Waals surface area (Å²) in [7, 11) is 0. The number of halogens is 1. The van der Waals surface area contributed by atoms with Crippen molar-refractivity contribution in [3.8, 4) is 0 Å². The maximum Gasteiger partial charge on any atom is 0.0447 e. The van der Waals surface area contributed by atoms with Crippen LogP contribution in [0.2, 0.25) is 0 Å². The normalized spacial score (nSPS) is 6.25. The minimum atomic E-state index is -0.210. The summed E-state index contributed by atoms with van der Waals surface area (Å²) in [6, 6.07) is 0. The van der Waals surface area contributed by atoms with Gasteiger partial charge in [0.2, 0.25) is 0 Å². The second-order valence-corrected chi connectivity index (χ2v) is 1.42. The van der Waals surface area contributed by atoms with Crippen LogP contribution in [0.1, 0.15) is 0 Å². The Labute approximate surface area is 35.8 Å². The van der Waals surface area contributed by atoms with Gasteiger partial charge in [-0.1, -0.05) is 0 Å². The van der Waals surface area contributed by atoms with Crippen LogP contribution in [-0.4, -0.2) is 0 Å². The molecule has 0 N–H and O–H groups in total. The zero-order valence-electron chi connectivity index (χ0n) is 1.68. The summed E-state index contributed by atoms with van der Waals surface area (Å²) in [4.78, 5) is 0. The fourth-order valence-electron chi connectivity index (χ4n) is 0. The van der Waals surface area contributed by atoms with E-state index >= 15 is 0 Å². The van der Waals surface area contributed by atoms with Gasteiger partial charge in [0.15, 0.2) is 0 Å². The van der Waals surface area contributed by atoms with E-state index in [2.05, 4.69) is 19.5 Å². The molecule has 26 valence electrons. The van der Waals surface area contributed by atoms with Gasteiger partial charge in [0.1, 0.15) is 0 Å².